The molecule has 1 aliphatic rings. The average molecular weight is 410 g/mol. The van der Waals surface area contributed by atoms with Gasteiger partial charge in [-0.15, -0.1) is 0 Å². The molecule has 1 saturated heterocycles. The van der Waals surface area contributed by atoms with E-state index in [-0.39, 0.29) is 41.6 Å². The van der Waals surface area contributed by atoms with E-state index < -0.39 is 10.0 Å². The molecule has 156 valence electrons. The lowest BCUT2D eigenvalue weighted by molar-refractivity contribution is -0.132. The van der Waals surface area contributed by atoms with Crippen LogP contribution in [-0.2, 0) is 19.6 Å². The number of nitrogens with one attached hydrogen (secondary N) is 2. The normalized spacial score (nSPS) is 16.4. The van der Waals surface area contributed by atoms with Crippen molar-refractivity contribution in [2.75, 3.05) is 13.1 Å². The number of hydrogen-bond acceptors (Lipinski definition) is 4. The molecule has 0 aromatic heterocycles. The van der Waals surface area contributed by atoms with E-state index in [0.717, 1.165) is 5.56 Å². The van der Waals surface area contributed by atoms with Crippen molar-refractivity contribution in [3.8, 4) is 0 Å². The number of rotatable bonds is 6. The average Bonchev–Trinajstić information content (AvgIpc) is 2.65. The number of carbonyl (C=O) groups is 2. The highest BCUT2D eigenvalue weighted by Crippen LogP contribution is 2.25. The van der Waals surface area contributed by atoms with Crippen molar-refractivity contribution in [3.05, 3.63) is 29.8 Å². The van der Waals surface area contributed by atoms with Crippen molar-refractivity contribution >= 4 is 21.8 Å². The van der Waals surface area contributed by atoms with Crippen LogP contribution >= 0.6 is 0 Å². The van der Waals surface area contributed by atoms with Crippen molar-refractivity contribution in [2.24, 2.45) is 11.8 Å². The molecule has 0 unspecified atom stereocenters. The Morgan fingerprint density at radius 1 is 1.04 bits per heavy atom. The lowest BCUT2D eigenvalue weighted by Gasteiger charge is -2.30. The maximum Gasteiger partial charge on any atom is 0.243 e. The number of sulfonamides is 1. The zero-order valence-corrected chi connectivity index (χ0v) is 17.9. The van der Waals surface area contributed by atoms with Crippen LogP contribution in [0.4, 0.5) is 0 Å². The zero-order chi connectivity index (χ0) is 20.9. The Morgan fingerprint density at radius 2 is 1.61 bits per heavy atom. The van der Waals surface area contributed by atoms with Crippen LogP contribution in [0.25, 0.3) is 0 Å². The van der Waals surface area contributed by atoms with Gasteiger partial charge in [-0.05, 0) is 42.4 Å². The van der Waals surface area contributed by atoms with Gasteiger partial charge < -0.3 is 0 Å². The summed E-state index contributed by atoms with van der Waals surface area (Å²) in [4.78, 5) is 24.1. The van der Waals surface area contributed by atoms with Crippen molar-refractivity contribution in [2.45, 2.75) is 57.8 Å². The molecular formula is C20H31N3O4S. The zero-order valence-electron chi connectivity index (χ0n) is 17.1. The molecule has 1 heterocycles. The van der Waals surface area contributed by atoms with Crippen LogP contribution in [0.3, 0.4) is 0 Å². The molecule has 1 fully saturated rings. The van der Waals surface area contributed by atoms with Crippen LogP contribution in [0.2, 0.25) is 0 Å². The smallest absolute Gasteiger partial charge is 0.243 e. The van der Waals surface area contributed by atoms with Gasteiger partial charge in [-0.2, -0.15) is 4.31 Å². The van der Waals surface area contributed by atoms with E-state index in [0.29, 0.717) is 25.2 Å². The second-order valence-electron chi connectivity index (χ2n) is 8.04. The number of hydrazine groups is 1. The Bertz CT molecular complexity index is 780. The third-order valence-corrected chi connectivity index (χ3v) is 6.84. The molecule has 2 amide bonds. The lowest BCUT2D eigenvalue weighted by Crippen LogP contribution is -2.48. The fourth-order valence-corrected chi connectivity index (χ4v) is 4.66. The highest BCUT2D eigenvalue weighted by molar-refractivity contribution is 7.89. The fourth-order valence-electron chi connectivity index (χ4n) is 3.19. The highest BCUT2D eigenvalue weighted by atomic mass is 32.2. The van der Waals surface area contributed by atoms with Crippen molar-refractivity contribution in [1.29, 1.82) is 0 Å². The summed E-state index contributed by atoms with van der Waals surface area (Å²) in [5.74, 6) is -0.259. The summed E-state index contributed by atoms with van der Waals surface area (Å²) in [7, 11) is -3.56. The van der Waals surface area contributed by atoms with Gasteiger partial charge in [-0.1, -0.05) is 39.8 Å². The second-order valence-corrected chi connectivity index (χ2v) is 9.98. The van der Waals surface area contributed by atoms with Gasteiger partial charge >= 0.3 is 0 Å². The van der Waals surface area contributed by atoms with Gasteiger partial charge in [0.1, 0.15) is 0 Å². The molecule has 1 aromatic rings. The number of hydrogen-bond donors (Lipinski definition) is 2. The van der Waals surface area contributed by atoms with Crippen molar-refractivity contribution < 1.29 is 18.0 Å². The SMILES string of the molecule is CC(C)CC(=O)NNC(=O)C1CCN(S(=O)(=O)c2ccc(C(C)C)cc2)CC1. The molecule has 2 rings (SSSR count). The largest absolute Gasteiger partial charge is 0.273 e. The minimum Gasteiger partial charge on any atom is -0.273 e. The van der Waals surface area contributed by atoms with Crippen LogP contribution in [0.15, 0.2) is 29.2 Å². The Balaban J connectivity index is 1.90. The van der Waals surface area contributed by atoms with E-state index in [9.17, 15) is 18.0 Å². The summed E-state index contributed by atoms with van der Waals surface area (Å²) in [6.45, 7) is 8.54. The first-order valence-electron chi connectivity index (χ1n) is 9.80. The van der Waals surface area contributed by atoms with Crippen molar-refractivity contribution in [1.82, 2.24) is 15.2 Å². The molecular weight excluding hydrogens is 378 g/mol. The van der Waals surface area contributed by atoms with Crippen LogP contribution in [-0.4, -0.2) is 37.6 Å². The molecule has 7 nitrogen and oxygen atoms in total. The Hall–Kier alpha value is -1.93. The lowest BCUT2D eigenvalue weighted by atomic mass is 9.98. The Kier molecular flexibility index (Phi) is 7.60. The van der Waals surface area contributed by atoms with E-state index in [1.54, 1.807) is 12.1 Å². The molecule has 2 N–H and O–H groups in total. The maximum absolute atomic E-state index is 12.8. The summed E-state index contributed by atoms with van der Waals surface area (Å²) in [6, 6.07) is 6.98. The fraction of sp³-hybridized carbons (Fsp3) is 0.600. The summed E-state index contributed by atoms with van der Waals surface area (Å²) in [5.41, 5.74) is 5.97. The first-order chi connectivity index (χ1) is 13.1. The van der Waals surface area contributed by atoms with Crippen LogP contribution in [0, 0.1) is 11.8 Å². The van der Waals surface area contributed by atoms with Gasteiger partial charge in [0.2, 0.25) is 21.8 Å². The molecule has 0 spiro atoms. The van der Waals surface area contributed by atoms with E-state index >= 15 is 0 Å². The highest BCUT2D eigenvalue weighted by Gasteiger charge is 2.32. The number of amides is 2. The first kappa shape index (κ1) is 22.4. The molecule has 1 aromatic carbocycles. The number of piperidine rings is 1. The minimum absolute atomic E-state index is 0.208. The van der Waals surface area contributed by atoms with E-state index in [4.69, 9.17) is 0 Å². The van der Waals surface area contributed by atoms with Crippen molar-refractivity contribution in [3.63, 3.8) is 0 Å². The molecule has 0 saturated carbocycles. The van der Waals surface area contributed by atoms with Gasteiger partial charge in [0, 0.05) is 25.4 Å². The molecule has 28 heavy (non-hydrogen) atoms. The summed E-state index contributed by atoms with van der Waals surface area (Å²) >= 11 is 0. The van der Waals surface area contributed by atoms with Gasteiger partial charge in [0.25, 0.3) is 0 Å². The Morgan fingerprint density at radius 3 is 2.11 bits per heavy atom. The quantitative estimate of drug-likeness (QED) is 0.705. The van der Waals surface area contributed by atoms with Gasteiger partial charge in [0.15, 0.2) is 0 Å². The van der Waals surface area contributed by atoms with Crippen LogP contribution < -0.4 is 10.9 Å². The Labute approximate surface area is 167 Å². The molecule has 8 heteroatoms. The van der Waals surface area contributed by atoms with Gasteiger partial charge in [0.05, 0.1) is 4.90 Å². The summed E-state index contributed by atoms with van der Waals surface area (Å²) in [6.07, 6.45) is 1.19. The predicted molar refractivity (Wildman–Crippen MR) is 108 cm³/mol. The number of nitrogens with zero attached hydrogens (tertiary/aromatic N) is 1. The summed E-state index contributed by atoms with van der Waals surface area (Å²) in [5, 5.41) is 0. The third kappa shape index (κ3) is 5.78. The predicted octanol–water partition coefficient (Wildman–Crippen LogP) is 2.40. The van der Waals surface area contributed by atoms with E-state index in [1.165, 1.54) is 4.31 Å². The van der Waals surface area contributed by atoms with Gasteiger partial charge in [-0.25, -0.2) is 8.42 Å². The minimum atomic E-state index is -3.56. The molecule has 0 radical (unpaired) electrons. The molecule has 0 bridgehead atoms. The monoisotopic (exact) mass is 409 g/mol. The topological polar surface area (TPSA) is 95.6 Å². The molecule has 0 atom stereocenters. The third-order valence-electron chi connectivity index (χ3n) is 4.93. The molecule has 1 aliphatic heterocycles. The second kappa shape index (κ2) is 9.52. The standard InChI is InChI=1S/C20H31N3O4S/c1-14(2)13-19(24)21-22-20(25)17-9-11-23(12-10-17)28(26,27)18-7-5-16(6-8-18)15(3)4/h5-8,14-15,17H,9-13H2,1-4H3,(H,21,24)(H,22,25). The van der Waals surface area contributed by atoms with E-state index in [1.807, 2.05) is 26.0 Å². The van der Waals surface area contributed by atoms with Crippen LogP contribution in [0.5, 0.6) is 0 Å². The first-order valence-corrected chi connectivity index (χ1v) is 11.2. The van der Waals surface area contributed by atoms with Crippen LogP contribution in [0.1, 0.15) is 58.4 Å². The van der Waals surface area contributed by atoms with Gasteiger partial charge in [-0.3, -0.25) is 20.4 Å². The van der Waals surface area contributed by atoms with E-state index in [2.05, 4.69) is 24.7 Å². The maximum atomic E-state index is 12.8. The molecule has 0 aliphatic carbocycles. The summed E-state index contributed by atoms with van der Waals surface area (Å²) < 4.78 is 27.1. The number of benzene rings is 1. The number of carbonyl (C=O) groups excluding carboxylic acids is 2.